The third kappa shape index (κ3) is 4.48. The number of hydrogen-bond donors (Lipinski definition) is 1. The zero-order valence-electron chi connectivity index (χ0n) is 19.6. The van der Waals surface area contributed by atoms with Gasteiger partial charge in [-0.05, 0) is 55.8 Å². The van der Waals surface area contributed by atoms with Crippen molar-refractivity contribution in [2.45, 2.75) is 44.9 Å². The molecule has 0 radical (unpaired) electrons. The maximum Gasteiger partial charge on any atom is 0.415 e. The number of amides is 1. The van der Waals surface area contributed by atoms with Crippen molar-refractivity contribution in [1.29, 1.82) is 0 Å². The zero-order chi connectivity index (χ0) is 24.9. The predicted molar refractivity (Wildman–Crippen MR) is 137 cm³/mol. The Morgan fingerprint density at radius 1 is 1.14 bits per heavy atom. The molecule has 1 N–H and O–H groups in total. The van der Waals surface area contributed by atoms with Gasteiger partial charge in [-0.25, -0.2) is 9.59 Å². The van der Waals surface area contributed by atoms with E-state index in [4.69, 9.17) is 33.0 Å². The van der Waals surface area contributed by atoms with E-state index >= 15 is 0 Å². The molecule has 0 atom stereocenters. The summed E-state index contributed by atoms with van der Waals surface area (Å²) in [5.41, 5.74) is 2.49. The monoisotopic (exact) mass is 515 g/mol. The van der Waals surface area contributed by atoms with Crippen LogP contribution in [-0.4, -0.2) is 51.9 Å². The van der Waals surface area contributed by atoms with Crippen molar-refractivity contribution in [2.75, 3.05) is 24.5 Å². The lowest BCUT2D eigenvalue weighted by Crippen LogP contribution is -2.46. The number of nitrogens with zero attached hydrogens (tertiary/aromatic N) is 3. The highest BCUT2D eigenvalue weighted by atomic mass is 35.5. The smallest absolute Gasteiger partial charge is 0.415 e. The quantitative estimate of drug-likeness (QED) is 0.436. The van der Waals surface area contributed by atoms with Gasteiger partial charge >= 0.3 is 12.1 Å². The van der Waals surface area contributed by atoms with Gasteiger partial charge in [0.15, 0.2) is 0 Å². The molecule has 1 spiro atoms. The number of aromatic nitrogens is 1. The molecule has 1 amide bonds. The SMILES string of the molecule is CC(C)n1cc(CN2CCC3(CC2)CN(c2ccc(C(=O)O)cc2)C(=O)O3)c2cc(Cl)cc(Cl)c21. The Morgan fingerprint density at radius 3 is 2.46 bits per heavy atom. The summed E-state index contributed by atoms with van der Waals surface area (Å²) in [6, 6.07) is 10.3. The Labute approximate surface area is 213 Å². The third-order valence-corrected chi connectivity index (χ3v) is 7.55. The van der Waals surface area contributed by atoms with E-state index in [1.165, 1.54) is 17.7 Å². The second kappa shape index (κ2) is 9.04. The van der Waals surface area contributed by atoms with Gasteiger partial charge < -0.3 is 14.4 Å². The summed E-state index contributed by atoms with van der Waals surface area (Å²) in [5, 5.41) is 11.5. The largest absolute Gasteiger partial charge is 0.478 e. The van der Waals surface area contributed by atoms with E-state index in [9.17, 15) is 9.59 Å². The molecule has 0 aliphatic carbocycles. The highest BCUT2D eigenvalue weighted by Crippen LogP contribution is 2.38. The van der Waals surface area contributed by atoms with Crippen LogP contribution in [0.5, 0.6) is 0 Å². The lowest BCUT2D eigenvalue weighted by atomic mass is 9.91. The molecule has 2 fully saturated rings. The van der Waals surface area contributed by atoms with Crippen LogP contribution in [0.2, 0.25) is 10.0 Å². The Kier molecular flexibility index (Phi) is 6.20. The van der Waals surface area contributed by atoms with Gasteiger partial charge in [-0.3, -0.25) is 9.80 Å². The minimum absolute atomic E-state index is 0.186. The van der Waals surface area contributed by atoms with Gasteiger partial charge in [-0.1, -0.05) is 23.2 Å². The summed E-state index contributed by atoms with van der Waals surface area (Å²) in [4.78, 5) is 27.8. The van der Waals surface area contributed by atoms with E-state index in [1.54, 1.807) is 23.1 Å². The molecule has 7 nitrogen and oxygen atoms in total. The van der Waals surface area contributed by atoms with Crippen molar-refractivity contribution in [3.8, 4) is 0 Å². The van der Waals surface area contributed by atoms with Crippen molar-refractivity contribution in [3.05, 3.63) is 63.8 Å². The van der Waals surface area contributed by atoms with Gasteiger partial charge in [0.1, 0.15) is 5.60 Å². The molecule has 9 heteroatoms. The number of hydrogen-bond acceptors (Lipinski definition) is 4. The summed E-state index contributed by atoms with van der Waals surface area (Å²) in [5.74, 6) is -0.995. The molecule has 0 unspecified atom stereocenters. The first-order chi connectivity index (χ1) is 16.7. The predicted octanol–water partition coefficient (Wildman–Crippen LogP) is 6.22. The van der Waals surface area contributed by atoms with E-state index in [2.05, 4.69) is 29.5 Å². The minimum Gasteiger partial charge on any atom is -0.478 e. The number of rotatable bonds is 5. The zero-order valence-corrected chi connectivity index (χ0v) is 21.1. The van der Waals surface area contributed by atoms with Crippen LogP contribution in [0, 0.1) is 0 Å². The molecule has 2 saturated heterocycles. The summed E-state index contributed by atoms with van der Waals surface area (Å²) < 4.78 is 8.07. The Bertz CT molecular complexity index is 1290. The van der Waals surface area contributed by atoms with Gasteiger partial charge in [0.2, 0.25) is 0 Å². The summed E-state index contributed by atoms with van der Waals surface area (Å²) >= 11 is 12.9. The van der Waals surface area contributed by atoms with Crippen molar-refractivity contribution >= 4 is 51.9 Å². The van der Waals surface area contributed by atoms with E-state index in [1.807, 2.05) is 6.07 Å². The van der Waals surface area contributed by atoms with Crippen LogP contribution in [-0.2, 0) is 11.3 Å². The first-order valence-electron chi connectivity index (χ1n) is 11.7. The lowest BCUT2D eigenvalue weighted by molar-refractivity contribution is -0.000897. The van der Waals surface area contributed by atoms with Crippen LogP contribution >= 0.6 is 23.2 Å². The molecule has 3 heterocycles. The second-order valence-electron chi connectivity index (χ2n) is 9.70. The average molecular weight is 516 g/mol. The maximum absolute atomic E-state index is 12.7. The number of carboxylic acid groups (broad SMARTS) is 1. The second-order valence-corrected chi connectivity index (χ2v) is 10.5. The van der Waals surface area contributed by atoms with E-state index in [0.717, 1.165) is 43.4 Å². The van der Waals surface area contributed by atoms with Gasteiger partial charge in [-0.2, -0.15) is 0 Å². The van der Waals surface area contributed by atoms with Gasteiger partial charge in [0.05, 0.1) is 22.6 Å². The number of piperidine rings is 1. The van der Waals surface area contributed by atoms with Crippen molar-refractivity contribution < 1.29 is 19.4 Å². The van der Waals surface area contributed by atoms with E-state index in [0.29, 0.717) is 22.3 Å². The molecule has 184 valence electrons. The fraction of sp³-hybridized carbons (Fsp3) is 0.385. The number of ether oxygens (including phenoxy) is 1. The molecule has 0 saturated carbocycles. The lowest BCUT2D eigenvalue weighted by Gasteiger charge is -2.37. The van der Waals surface area contributed by atoms with Crippen molar-refractivity contribution in [3.63, 3.8) is 0 Å². The first-order valence-corrected chi connectivity index (χ1v) is 12.5. The normalized spacial score (nSPS) is 18.1. The number of carboxylic acids is 1. The fourth-order valence-electron chi connectivity index (χ4n) is 5.13. The number of likely N-dealkylation sites (tertiary alicyclic amines) is 1. The summed E-state index contributed by atoms with van der Waals surface area (Å²) in [6.07, 6.45) is 3.24. The van der Waals surface area contributed by atoms with Crippen LogP contribution in [0.25, 0.3) is 10.9 Å². The molecule has 1 aromatic heterocycles. The molecule has 2 aromatic carbocycles. The van der Waals surface area contributed by atoms with Crippen LogP contribution in [0.4, 0.5) is 10.5 Å². The molecular formula is C26H27Cl2N3O4. The third-order valence-electron chi connectivity index (χ3n) is 7.04. The molecule has 35 heavy (non-hydrogen) atoms. The number of anilines is 1. The first kappa shape index (κ1) is 24.0. The van der Waals surface area contributed by atoms with Gasteiger partial charge in [0.25, 0.3) is 0 Å². The number of benzene rings is 2. The maximum atomic E-state index is 12.7. The van der Waals surface area contributed by atoms with E-state index < -0.39 is 11.6 Å². The standard InChI is InChI=1S/C26H27Cl2N3O4/c1-16(2)30-14-18(21-11-19(27)12-22(28)23(21)30)13-29-9-7-26(8-10-29)15-31(25(34)35-26)20-5-3-17(4-6-20)24(32)33/h3-6,11-12,14,16H,7-10,13,15H2,1-2H3,(H,32,33). The number of carbonyl (C=O) groups is 2. The summed E-state index contributed by atoms with van der Waals surface area (Å²) in [6.45, 7) is 7.08. The molecule has 0 bridgehead atoms. The number of fused-ring (bicyclic) bond motifs is 1. The highest BCUT2D eigenvalue weighted by molar-refractivity contribution is 6.38. The minimum atomic E-state index is -0.995. The van der Waals surface area contributed by atoms with Gasteiger partial charge in [0, 0.05) is 60.8 Å². The number of aromatic carboxylic acids is 1. The number of halogens is 2. The van der Waals surface area contributed by atoms with Crippen molar-refractivity contribution in [2.24, 2.45) is 0 Å². The highest BCUT2D eigenvalue weighted by Gasteiger charge is 2.47. The van der Waals surface area contributed by atoms with Gasteiger partial charge in [-0.15, -0.1) is 0 Å². The van der Waals surface area contributed by atoms with Crippen LogP contribution in [0.15, 0.2) is 42.6 Å². The molecule has 5 rings (SSSR count). The topological polar surface area (TPSA) is 75.0 Å². The van der Waals surface area contributed by atoms with E-state index in [-0.39, 0.29) is 17.7 Å². The molecule has 2 aliphatic heterocycles. The Balaban J connectivity index is 1.29. The molecule has 2 aliphatic rings. The fourth-order valence-corrected chi connectivity index (χ4v) is 5.73. The number of carbonyl (C=O) groups excluding carboxylic acids is 1. The summed E-state index contributed by atoms with van der Waals surface area (Å²) in [7, 11) is 0. The van der Waals surface area contributed by atoms with Crippen LogP contribution in [0.3, 0.4) is 0 Å². The van der Waals surface area contributed by atoms with Crippen LogP contribution in [0.1, 0.15) is 48.7 Å². The molecular weight excluding hydrogens is 489 g/mol. The van der Waals surface area contributed by atoms with Crippen molar-refractivity contribution in [1.82, 2.24) is 9.47 Å². The molecule has 3 aromatic rings. The Morgan fingerprint density at radius 2 is 1.83 bits per heavy atom. The average Bonchev–Trinajstić information content (AvgIpc) is 3.33. The Hall–Kier alpha value is -2.74. The van der Waals surface area contributed by atoms with Crippen LogP contribution < -0.4 is 4.90 Å².